The molecule has 1 N–H and O–H groups in total. The first kappa shape index (κ1) is 15.5. The van der Waals surface area contributed by atoms with Crippen LogP contribution < -0.4 is 4.90 Å². The third-order valence-electron chi connectivity index (χ3n) is 4.36. The molecular formula is C17H23NO3. The summed E-state index contributed by atoms with van der Waals surface area (Å²) < 4.78 is 0. The second kappa shape index (κ2) is 6.29. The quantitative estimate of drug-likeness (QED) is 0.926. The van der Waals surface area contributed by atoms with Crippen LogP contribution in [0.3, 0.4) is 0 Å². The highest BCUT2D eigenvalue weighted by Gasteiger charge is 2.42. The summed E-state index contributed by atoms with van der Waals surface area (Å²) in [6.07, 6.45) is 2.17. The number of hydrogen-bond acceptors (Lipinski definition) is 2. The lowest BCUT2D eigenvalue weighted by molar-refractivity contribution is -0.146. The molecule has 0 radical (unpaired) electrons. The van der Waals surface area contributed by atoms with Crippen molar-refractivity contribution >= 4 is 17.6 Å². The van der Waals surface area contributed by atoms with E-state index in [-0.39, 0.29) is 17.9 Å². The van der Waals surface area contributed by atoms with Crippen molar-refractivity contribution in [2.75, 3.05) is 4.90 Å². The number of carboxylic acids is 1. The van der Waals surface area contributed by atoms with Gasteiger partial charge in [0.2, 0.25) is 5.91 Å². The second-order valence-electron chi connectivity index (χ2n) is 5.93. The maximum atomic E-state index is 12.5. The van der Waals surface area contributed by atoms with Crippen LogP contribution >= 0.6 is 0 Å². The molecule has 21 heavy (non-hydrogen) atoms. The molecule has 1 aliphatic heterocycles. The summed E-state index contributed by atoms with van der Waals surface area (Å²) in [5, 5.41) is 9.46. The van der Waals surface area contributed by atoms with E-state index in [1.807, 2.05) is 38.1 Å². The van der Waals surface area contributed by atoms with Gasteiger partial charge in [0.25, 0.3) is 0 Å². The Kier molecular flexibility index (Phi) is 4.66. The number of rotatable bonds is 4. The Hall–Kier alpha value is -1.84. The van der Waals surface area contributed by atoms with E-state index < -0.39 is 11.9 Å². The number of nitrogens with zero attached hydrogens (tertiary/aromatic N) is 1. The lowest BCUT2D eigenvalue weighted by atomic mass is 9.80. The molecule has 0 spiro atoms. The maximum absolute atomic E-state index is 12.5. The molecule has 1 amide bonds. The average molecular weight is 289 g/mol. The predicted molar refractivity (Wildman–Crippen MR) is 82.3 cm³/mol. The van der Waals surface area contributed by atoms with Crippen LogP contribution in [0.1, 0.15) is 39.2 Å². The zero-order valence-corrected chi connectivity index (χ0v) is 12.9. The fraction of sp³-hybridized carbons (Fsp3) is 0.529. The number of piperidine rings is 1. The average Bonchev–Trinajstić information content (AvgIpc) is 2.39. The maximum Gasteiger partial charge on any atom is 0.308 e. The number of carbonyl (C=O) groups excluding carboxylic acids is 1. The van der Waals surface area contributed by atoms with Crippen LogP contribution in [0.5, 0.6) is 0 Å². The summed E-state index contributed by atoms with van der Waals surface area (Å²) in [5.74, 6) is -1.44. The van der Waals surface area contributed by atoms with E-state index in [4.69, 9.17) is 0 Å². The van der Waals surface area contributed by atoms with Crippen LogP contribution in [0.25, 0.3) is 0 Å². The molecule has 0 aromatic heterocycles. The van der Waals surface area contributed by atoms with Crippen molar-refractivity contribution in [2.45, 2.75) is 46.1 Å². The number of hydrogen-bond donors (Lipinski definition) is 1. The second-order valence-corrected chi connectivity index (χ2v) is 5.93. The van der Waals surface area contributed by atoms with E-state index in [2.05, 4.69) is 6.92 Å². The molecule has 1 aromatic rings. The number of amides is 1. The minimum absolute atomic E-state index is 0.0241. The highest BCUT2D eigenvalue weighted by molar-refractivity contribution is 5.97. The summed E-state index contributed by atoms with van der Waals surface area (Å²) >= 11 is 0. The van der Waals surface area contributed by atoms with Gasteiger partial charge in [-0.2, -0.15) is 0 Å². The Morgan fingerprint density at radius 1 is 1.33 bits per heavy atom. The van der Waals surface area contributed by atoms with Gasteiger partial charge in [-0.3, -0.25) is 9.59 Å². The molecule has 3 atom stereocenters. The first-order valence-electron chi connectivity index (χ1n) is 7.60. The van der Waals surface area contributed by atoms with Gasteiger partial charge in [0.05, 0.1) is 5.92 Å². The van der Waals surface area contributed by atoms with Gasteiger partial charge in [0.15, 0.2) is 0 Å². The number of anilines is 1. The molecule has 0 saturated carbocycles. The zero-order valence-electron chi connectivity index (χ0n) is 12.9. The molecule has 4 nitrogen and oxygen atoms in total. The van der Waals surface area contributed by atoms with Gasteiger partial charge in [-0.25, -0.2) is 0 Å². The van der Waals surface area contributed by atoms with E-state index in [0.29, 0.717) is 6.42 Å². The van der Waals surface area contributed by atoms with Crippen LogP contribution in [0, 0.1) is 11.8 Å². The van der Waals surface area contributed by atoms with Gasteiger partial charge in [-0.05, 0) is 30.9 Å². The minimum Gasteiger partial charge on any atom is -0.481 e. The molecule has 4 heteroatoms. The van der Waals surface area contributed by atoms with Gasteiger partial charge in [0, 0.05) is 18.2 Å². The monoisotopic (exact) mass is 289 g/mol. The van der Waals surface area contributed by atoms with Crippen LogP contribution in [0.4, 0.5) is 5.69 Å². The van der Waals surface area contributed by atoms with E-state index in [1.54, 1.807) is 4.90 Å². The Balaban J connectivity index is 2.42. The van der Waals surface area contributed by atoms with Crippen LogP contribution in [-0.4, -0.2) is 23.0 Å². The molecule has 1 saturated heterocycles. The normalized spacial score (nSPS) is 26.0. The van der Waals surface area contributed by atoms with Crippen LogP contribution in [0.15, 0.2) is 24.3 Å². The van der Waals surface area contributed by atoms with Crippen molar-refractivity contribution in [1.29, 1.82) is 0 Å². The molecule has 2 rings (SSSR count). The molecule has 0 bridgehead atoms. The minimum atomic E-state index is -0.819. The smallest absolute Gasteiger partial charge is 0.308 e. The molecule has 114 valence electrons. The summed E-state index contributed by atoms with van der Waals surface area (Å²) in [4.78, 5) is 25.7. The molecule has 1 fully saturated rings. The molecule has 3 unspecified atom stereocenters. The van der Waals surface area contributed by atoms with Gasteiger partial charge < -0.3 is 10.0 Å². The molecule has 1 aliphatic rings. The molecule has 1 heterocycles. The topological polar surface area (TPSA) is 57.6 Å². The molecule has 1 aromatic carbocycles. The fourth-order valence-electron chi connectivity index (χ4n) is 3.39. The third-order valence-corrected chi connectivity index (χ3v) is 4.36. The van der Waals surface area contributed by atoms with Gasteiger partial charge in [-0.15, -0.1) is 0 Å². The van der Waals surface area contributed by atoms with Gasteiger partial charge in [0.1, 0.15) is 0 Å². The Bertz CT molecular complexity index is 541. The van der Waals surface area contributed by atoms with Crippen molar-refractivity contribution in [2.24, 2.45) is 11.8 Å². The SMILES string of the molecule is CCCc1ccccc1N1C(=O)CC(C)C(C(=O)O)C1C. The van der Waals surface area contributed by atoms with Crippen LogP contribution in [-0.2, 0) is 16.0 Å². The number of benzene rings is 1. The molecular weight excluding hydrogens is 266 g/mol. The highest BCUT2D eigenvalue weighted by atomic mass is 16.4. The Morgan fingerprint density at radius 2 is 2.00 bits per heavy atom. The van der Waals surface area contributed by atoms with Crippen molar-refractivity contribution in [3.05, 3.63) is 29.8 Å². The van der Waals surface area contributed by atoms with Crippen molar-refractivity contribution < 1.29 is 14.7 Å². The lowest BCUT2D eigenvalue weighted by Crippen LogP contribution is -2.53. The summed E-state index contributed by atoms with van der Waals surface area (Å²) in [6, 6.07) is 7.49. The van der Waals surface area contributed by atoms with Crippen LogP contribution in [0.2, 0.25) is 0 Å². The number of carboxylic acid groups (broad SMARTS) is 1. The van der Waals surface area contributed by atoms with E-state index in [1.165, 1.54) is 0 Å². The van der Waals surface area contributed by atoms with E-state index in [9.17, 15) is 14.7 Å². The first-order chi connectivity index (χ1) is 9.97. The standard InChI is InChI=1S/C17H23NO3/c1-4-7-13-8-5-6-9-14(13)18-12(3)16(17(20)21)11(2)10-15(18)19/h5-6,8-9,11-12,16H,4,7,10H2,1-3H3,(H,20,21). The van der Waals surface area contributed by atoms with Gasteiger partial charge >= 0.3 is 5.97 Å². The number of carbonyl (C=O) groups is 2. The molecule has 0 aliphatic carbocycles. The largest absolute Gasteiger partial charge is 0.481 e. The highest BCUT2D eigenvalue weighted by Crippen LogP contribution is 2.35. The summed E-state index contributed by atoms with van der Waals surface area (Å²) in [7, 11) is 0. The van der Waals surface area contributed by atoms with Crippen molar-refractivity contribution in [3.63, 3.8) is 0 Å². The number of aliphatic carboxylic acids is 1. The predicted octanol–water partition coefficient (Wildman–Crippen LogP) is 3.10. The van der Waals surface area contributed by atoms with Crippen molar-refractivity contribution in [3.8, 4) is 0 Å². The van der Waals surface area contributed by atoms with Gasteiger partial charge in [-0.1, -0.05) is 38.5 Å². The summed E-state index contributed by atoms with van der Waals surface area (Å²) in [5.41, 5.74) is 1.98. The lowest BCUT2D eigenvalue weighted by Gasteiger charge is -2.41. The third kappa shape index (κ3) is 2.94. The van der Waals surface area contributed by atoms with E-state index >= 15 is 0 Å². The Morgan fingerprint density at radius 3 is 2.62 bits per heavy atom. The number of para-hydroxylation sites is 1. The fourth-order valence-corrected chi connectivity index (χ4v) is 3.39. The van der Waals surface area contributed by atoms with Crippen molar-refractivity contribution in [1.82, 2.24) is 0 Å². The van der Waals surface area contributed by atoms with E-state index in [0.717, 1.165) is 24.1 Å². The summed E-state index contributed by atoms with van der Waals surface area (Å²) in [6.45, 7) is 5.79. The Labute approximate surface area is 125 Å². The first-order valence-corrected chi connectivity index (χ1v) is 7.60. The number of aryl methyl sites for hydroxylation is 1. The zero-order chi connectivity index (χ0) is 15.6.